The molecule has 2 aromatic carbocycles. The lowest BCUT2D eigenvalue weighted by atomic mass is 10.1. The van der Waals surface area contributed by atoms with Gasteiger partial charge in [-0.05, 0) is 35.7 Å². The maximum absolute atomic E-state index is 12.1. The van der Waals surface area contributed by atoms with E-state index in [1.54, 1.807) is 31.6 Å². The molecule has 1 N–H and O–H groups in total. The van der Waals surface area contributed by atoms with Crippen molar-refractivity contribution in [3.05, 3.63) is 66.5 Å². The molecule has 2 heterocycles. The first-order valence-electron chi connectivity index (χ1n) is 9.97. The minimum Gasteiger partial charge on any atom is -0.497 e. The molecule has 30 heavy (non-hydrogen) atoms. The number of carbonyl (C=O) groups excluding carboxylic acids is 1. The first-order chi connectivity index (χ1) is 14.2. The Balaban J connectivity index is 0.00000256. The van der Waals surface area contributed by atoms with E-state index in [1.165, 1.54) is 16.5 Å². The van der Waals surface area contributed by atoms with Crippen molar-refractivity contribution in [2.24, 2.45) is 0 Å². The number of nitrogens with zero attached hydrogens (tertiary/aromatic N) is 3. The quantitative estimate of drug-likeness (QED) is 0.655. The van der Waals surface area contributed by atoms with Crippen LogP contribution in [0.25, 0.3) is 10.8 Å². The minimum atomic E-state index is -0.0681. The summed E-state index contributed by atoms with van der Waals surface area (Å²) in [5.41, 5.74) is 1.86. The molecule has 7 heteroatoms. The van der Waals surface area contributed by atoms with Gasteiger partial charge in [0.15, 0.2) is 0 Å². The molecular formula is C23H27ClN4O2. The second-order valence-electron chi connectivity index (χ2n) is 7.19. The number of pyridine rings is 1. The molecule has 158 valence electrons. The fourth-order valence-corrected chi connectivity index (χ4v) is 3.78. The Hall–Kier alpha value is -2.83. The van der Waals surface area contributed by atoms with E-state index in [0.717, 1.165) is 38.5 Å². The Bertz CT molecular complexity index is 975. The minimum absolute atomic E-state index is 0. The molecular weight excluding hydrogens is 400 g/mol. The molecule has 1 aromatic heterocycles. The molecule has 0 unspecified atom stereocenters. The number of methoxy groups -OCH3 is 1. The van der Waals surface area contributed by atoms with Crippen molar-refractivity contribution in [3.8, 4) is 5.75 Å². The number of anilines is 1. The van der Waals surface area contributed by atoms with E-state index < -0.39 is 0 Å². The Morgan fingerprint density at radius 3 is 2.67 bits per heavy atom. The van der Waals surface area contributed by atoms with Crippen molar-refractivity contribution in [1.29, 1.82) is 0 Å². The molecule has 1 saturated heterocycles. The number of piperazine rings is 1. The van der Waals surface area contributed by atoms with Gasteiger partial charge in [0.25, 0.3) is 5.91 Å². The Kier molecular flexibility index (Phi) is 7.49. The highest BCUT2D eigenvalue weighted by Gasteiger charge is 2.19. The number of carbonyl (C=O) groups is 1. The monoisotopic (exact) mass is 426 g/mol. The standard InChI is InChI=1S/C23H26N4O2.ClH/c1-29-20-8-7-18-4-2-6-22(21(18)16-20)27-14-12-26(13-15-27)11-10-25-23(28)19-5-3-9-24-17-19;/h2-9,16-17H,10-15H2,1H3,(H,25,28);1H. The first-order valence-corrected chi connectivity index (χ1v) is 9.97. The zero-order valence-corrected chi connectivity index (χ0v) is 17.9. The van der Waals surface area contributed by atoms with Crippen LogP contribution in [0.3, 0.4) is 0 Å². The molecule has 0 spiro atoms. The molecule has 1 aliphatic rings. The summed E-state index contributed by atoms with van der Waals surface area (Å²) in [5.74, 6) is 0.814. The van der Waals surface area contributed by atoms with Crippen LogP contribution in [0.2, 0.25) is 0 Å². The maximum atomic E-state index is 12.1. The van der Waals surface area contributed by atoms with Gasteiger partial charge >= 0.3 is 0 Å². The third-order valence-electron chi connectivity index (χ3n) is 5.42. The summed E-state index contributed by atoms with van der Waals surface area (Å²) in [6, 6.07) is 16.2. The van der Waals surface area contributed by atoms with Gasteiger partial charge < -0.3 is 15.0 Å². The van der Waals surface area contributed by atoms with Gasteiger partial charge in [0.05, 0.1) is 12.7 Å². The van der Waals surface area contributed by atoms with Crippen LogP contribution in [0.5, 0.6) is 5.75 Å². The Morgan fingerprint density at radius 1 is 1.10 bits per heavy atom. The normalized spacial score (nSPS) is 14.2. The van der Waals surface area contributed by atoms with E-state index in [1.807, 2.05) is 6.07 Å². The highest BCUT2D eigenvalue weighted by molar-refractivity contribution is 5.95. The molecule has 0 saturated carbocycles. The lowest BCUT2D eigenvalue weighted by Crippen LogP contribution is -2.48. The van der Waals surface area contributed by atoms with Gasteiger partial charge in [0.1, 0.15) is 5.75 Å². The molecule has 1 aliphatic heterocycles. The molecule has 4 rings (SSSR count). The average molecular weight is 427 g/mol. The number of fused-ring (bicyclic) bond motifs is 1. The molecule has 0 aliphatic carbocycles. The zero-order valence-electron chi connectivity index (χ0n) is 17.1. The molecule has 0 radical (unpaired) electrons. The van der Waals surface area contributed by atoms with Gasteiger partial charge in [-0.1, -0.05) is 18.2 Å². The zero-order chi connectivity index (χ0) is 20.1. The van der Waals surface area contributed by atoms with Gasteiger partial charge in [-0.25, -0.2) is 0 Å². The van der Waals surface area contributed by atoms with E-state index in [2.05, 4.69) is 50.4 Å². The average Bonchev–Trinajstić information content (AvgIpc) is 2.79. The van der Waals surface area contributed by atoms with Crippen LogP contribution < -0.4 is 15.0 Å². The van der Waals surface area contributed by atoms with Crippen LogP contribution in [0, 0.1) is 0 Å². The van der Waals surface area contributed by atoms with Crippen LogP contribution >= 0.6 is 12.4 Å². The predicted molar refractivity (Wildman–Crippen MR) is 123 cm³/mol. The number of hydrogen-bond acceptors (Lipinski definition) is 5. The number of benzene rings is 2. The number of nitrogens with one attached hydrogen (secondary N) is 1. The van der Waals surface area contributed by atoms with Gasteiger partial charge in [-0.3, -0.25) is 14.7 Å². The summed E-state index contributed by atoms with van der Waals surface area (Å²) in [7, 11) is 1.70. The molecule has 1 fully saturated rings. The SMILES string of the molecule is COc1ccc2cccc(N3CCN(CCNC(=O)c4cccnc4)CC3)c2c1.Cl. The van der Waals surface area contributed by atoms with Crippen molar-refractivity contribution < 1.29 is 9.53 Å². The summed E-state index contributed by atoms with van der Waals surface area (Å²) >= 11 is 0. The largest absolute Gasteiger partial charge is 0.497 e. The second-order valence-corrected chi connectivity index (χ2v) is 7.19. The lowest BCUT2D eigenvalue weighted by molar-refractivity contribution is 0.0947. The summed E-state index contributed by atoms with van der Waals surface area (Å²) in [6.45, 7) is 5.37. The summed E-state index contributed by atoms with van der Waals surface area (Å²) in [5, 5.41) is 5.43. The van der Waals surface area contributed by atoms with Crippen LogP contribution in [-0.4, -0.2) is 62.2 Å². The summed E-state index contributed by atoms with van der Waals surface area (Å²) in [6.07, 6.45) is 3.26. The van der Waals surface area contributed by atoms with Gasteiger partial charge in [0, 0.05) is 62.7 Å². The van der Waals surface area contributed by atoms with Gasteiger partial charge in [-0.15, -0.1) is 12.4 Å². The number of amides is 1. The van der Waals surface area contributed by atoms with E-state index >= 15 is 0 Å². The molecule has 3 aromatic rings. The van der Waals surface area contributed by atoms with Crippen molar-refractivity contribution in [2.45, 2.75) is 0 Å². The topological polar surface area (TPSA) is 57.7 Å². The van der Waals surface area contributed by atoms with Crippen molar-refractivity contribution in [2.75, 3.05) is 51.3 Å². The van der Waals surface area contributed by atoms with Gasteiger partial charge in [0.2, 0.25) is 0 Å². The third kappa shape index (κ3) is 5.01. The van der Waals surface area contributed by atoms with Crippen LogP contribution in [0.15, 0.2) is 60.9 Å². The van der Waals surface area contributed by atoms with E-state index in [4.69, 9.17) is 4.74 Å². The summed E-state index contributed by atoms with van der Waals surface area (Å²) < 4.78 is 5.41. The lowest BCUT2D eigenvalue weighted by Gasteiger charge is -2.36. The molecule has 6 nitrogen and oxygen atoms in total. The van der Waals surface area contributed by atoms with Crippen molar-refractivity contribution >= 4 is 34.8 Å². The van der Waals surface area contributed by atoms with Gasteiger partial charge in [-0.2, -0.15) is 0 Å². The smallest absolute Gasteiger partial charge is 0.252 e. The number of hydrogen-bond donors (Lipinski definition) is 1. The molecule has 0 bridgehead atoms. The molecule has 0 atom stereocenters. The summed E-state index contributed by atoms with van der Waals surface area (Å²) in [4.78, 5) is 20.9. The van der Waals surface area contributed by atoms with Crippen LogP contribution in [0.1, 0.15) is 10.4 Å². The van der Waals surface area contributed by atoms with E-state index in [0.29, 0.717) is 12.1 Å². The maximum Gasteiger partial charge on any atom is 0.252 e. The highest BCUT2D eigenvalue weighted by atomic mass is 35.5. The van der Waals surface area contributed by atoms with Crippen molar-refractivity contribution in [3.63, 3.8) is 0 Å². The van der Waals surface area contributed by atoms with Crippen LogP contribution in [0.4, 0.5) is 5.69 Å². The Labute approximate surface area is 183 Å². The third-order valence-corrected chi connectivity index (χ3v) is 5.42. The number of aromatic nitrogens is 1. The van der Waals surface area contributed by atoms with E-state index in [9.17, 15) is 4.79 Å². The number of rotatable bonds is 6. The number of halogens is 1. The van der Waals surface area contributed by atoms with Crippen molar-refractivity contribution in [1.82, 2.24) is 15.2 Å². The fourth-order valence-electron chi connectivity index (χ4n) is 3.78. The molecule has 1 amide bonds. The Morgan fingerprint density at radius 2 is 1.93 bits per heavy atom. The second kappa shape index (κ2) is 10.3. The fraction of sp³-hybridized carbons (Fsp3) is 0.304. The predicted octanol–water partition coefficient (Wildman–Crippen LogP) is 3.22. The van der Waals surface area contributed by atoms with Crippen LogP contribution in [-0.2, 0) is 0 Å². The first kappa shape index (κ1) is 21.9. The number of ether oxygens (including phenoxy) is 1. The van der Waals surface area contributed by atoms with E-state index in [-0.39, 0.29) is 18.3 Å². The highest BCUT2D eigenvalue weighted by Crippen LogP contribution is 2.30.